The number of pyridine rings is 2. The molecule has 1 amide bonds. The van der Waals surface area contributed by atoms with E-state index in [1.807, 2.05) is 50.4 Å². The van der Waals surface area contributed by atoms with Gasteiger partial charge in [0.15, 0.2) is 0 Å². The van der Waals surface area contributed by atoms with Crippen LogP contribution in [0, 0.1) is 18.3 Å². The van der Waals surface area contributed by atoms with Gasteiger partial charge in [-0.15, -0.1) is 0 Å². The molecule has 2 N–H and O–H groups in total. The van der Waals surface area contributed by atoms with E-state index in [1.54, 1.807) is 44.6 Å². The number of anilines is 2. The van der Waals surface area contributed by atoms with Crippen LogP contribution in [-0.4, -0.2) is 33.1 Å². The highest BCUT2D eigenvalue weighted by Crippen LogP contribution is 2.29. The van der Waals surface area contributed by atoms with Crippen LogP contribution >= 0.6 is 0 Å². The molecule has 0 unspecified atom stereocenters. The Bertz CT molecular complexity index is 1440. The van der Waals surface area contributed by atoms with Crippen molar-refractivity contribution in [3.8, 4) is 28.5 Å². The molecule has 4 rings (SSSR count). The monoisotopic (exact) mass is 463 g/mol. The van der Waals surface area contributed by atoms with Crippen molar-refractivity contribution in [2.24, 2.45) is 0 Å². The number of rotatable bonds is 6. The van der Waals surface area contributed by atoms with Crippen molar-refractivity contribution in [3.05, 3.63) is 83.9 Å². The summed E-state index contributed by atoms with van der Waals surface area (Å²) < 4.78 is 0. The largest absolute Gasteiger partial charge is 0.373 e. The molecule has 0 radical (unpaired) electrons. The predicted octanol–water partition coefficient (Wildman–Crippen LogP) is 5.00. The maximum absolute atomic E-state index is 13.0. The third-order valence-electron chi connectivity index (χ3n) is 5.72. The summed E-state index contributed by atoms with van der Waals surface area (Å²) in [6, 6.07) is 17.0. The number of amides is 1. The van der Waals surface area contributed by atoms with Gasteiger partial charge in [-0.3, -0.25) is 9.78 Å². The molecule has 0 aliphatic carbocycles. The van der Waals surface area contributed by atoms with Crippen molar-refractivity contribution in [2.45, 2.75) is 26.2 Å². The molecule has 8 heteroatoms. The highest BCUT2D eigenvalue weighted by molar-refractivity contribution is 6.04. The first-order chi connectivity index (χ1) is 16.8. The van der Waals surface area contributed by atoms with Crippen LogP contribution < -0.4 is 10.6 Å². The molecule has 3 aromatic heterocycles. The van der Waals surface area contributed by atoms with Gasteiger partial charge in [0.2, 0.25) is 0 Å². The number of benzene rings is 1. The zero-order chi connectivity index (χ0) is 25.0. The van der Waals surface area contributed by atoms with Gasteiger partial charge in [0, 0.05) is 41.8 Å². The number of nitrogens with one attached hydrogen (secondary N) is 2. The van der Waals surface area contributed by atoms with Gasteiger partial charge in [-0.1, -0.05) is 6.07 Å². The maximum atomic E-state index is 13.0. The highest BCUT2D eigenvalue weighted by Gasteiger charge is 2.22. The lowest BCUT2D eigenvalue weighted by atomic mass is 9.90. The van der Waals surface area contributed by atoms with Crippen LogP contribution in [0.4, 0.5) is 11.5 Å². The molecule has 35 heavy (non-hydrogen) atoms. The van der Waals surface area contributed by atoms with Gasteiger partial charge >= 0.3 is 0 Å². The Hall–Kier alpha value is -4.64. The summed E-state index contributed by atoms with van der Waals surface area (Å²) in [6.07, 6.45) is 5.00. The fourth-order valence-electron chi connectivity index (χ4n) is 3.55. The number of nitrogens with zero attached hydrogens (tertiary/aromatic N) is 5. The van der Waals surface area contributed by atoms with Crippen LogP contribution in [0.3, 0.4) is 0 Å². The fraction of sp³-hybridized carbons (Fsp3) is 0.185. The Morgan fingerprint density at radius 2 is 1.80 bits per heavy atom. The summed E-state index contributed by atoms with van der Waals surface area (Å²) in [5.41, 5.74) is 5.25. The normalized spacial score (nSPS) is 10.9. The van der Waals surface area contributed by atoms with Crippen LogP contribution in [-0.2, 0) is 5.41 Å². The number of hydrogen-bond donors (Lipinski definition) is 2. The van der Waals surface area contributed by atoms with Gasteiger partial charge < -0.3 is 10.6 Å². The zero-order valence-electron chi connectivity index (χ0n) is 20.0. The lowest BCUT2D eigenvalue weighted by molar-refractivity contribution is 0.102. The molecular formula is C27H25N7O. The van der Waals surface area contributed by atoms with Gasteiger partial charge in [-0.05, 0) is 74.4 Å². The molecule has 8 nitrogen and oxygen atoms in total. The van der Waals surface area contributed by atoms with E-state index in [4.69, 9.17) is 0 Å². The Labute approximate surface area is 204 Å². The Morgan fingerprint density at radius 3 is 2.57 bits per heavy atom. The van der Waals surface area contributed by atoms with Crippen LogP contribution in [0.5, 0.6) is 0 Å². The number of aromatic nitrogens is 4. The summed E-state index contributed by atoms with van der Waals surface area (Å²) in [7, 11) is 1.82. The number of carbonyl (C=O) groups excluding carboxylic acids is 1. The van der Waals surface area contributed by atoms with Crippen LogP contribution in [0.2, 0.25) is 0 Å². The highest BCUT2D eigenvalue weighted by atomic mass is 16.1. The van der Waals surface area contributed by atoms with Crippen LogP contribution in [0.15, 0.2) is 67.1 Å². The van der Waals surface area contributed by atoms with E-state index in [2.05, 4.69) is 36.9 Å². The van der Waals surface area contributed by atoms with E-state index in [0.717, 1.165) is 28.1 Å². The van der Waals surface area contributed by atoms with Crippen molar-refractivity contribution >= 4 is 17.4 Å². The summed E-state index contributed by atoms with van der Waals surface area (Å²) >= 11 is 0. The number of hydrogen-bond acceptors (Lipinski definition) is 7. The first-order valence-corrected chi connectivity index (χ1v) is 11.1. The van der Waals surface area contributed by atoms with Crippen molar-refractivity contribution in [3.63, 3.8) is 0 Å². The van der Waals surface area contributed by atoms with E-state index >= 15 is 0 Å². The smallest absolute Gasteiger partial charge is 0.255 e. The molecule has 0 aliphatic rings. The van der Waals surface area contributed by atoms with Crippen molar-refractivity contribution in [2.75, 3.05) is 17.7 Å². The second-order valence-electron chi connectivity index (χ2n) is 8.66. The van der Waals surface area contributed by atoms with E-state index in [9.17, 15) is 10.1 Å². The molecule has 0 bridgehead atoms. The van der Waals surface area contributed by atoms with Gasteiger partial charge in [0.25, 0.3) is 5.91 Å². The standard InChI is InChI=1S/C27H25N7O/c1-17-5-6-21(33-26(35)19-8-9-30-24(12-19)27(2,3)16-28)14-22(17)23-11-20(15-32-34-23)18-7-10-31-25(13-18)29-4/h5-15H,1-4H3,(H,29,31)(H,33,35). The van der Waals surface area contributed by atoms with Crippen molar-refractivity contribution in [1.82, 2.24) is 20.2 Å². The molecule has 4 aromatic rings. The van der Waals surface area contributed by atoms with E-state index in [0.29, 0.717) is 22.6 Å². The molecule has 0 atom stereocenters. The summed E-state index contributed by atoms with van der Waals surface area (Å²) in [5.74, 6) is 0.479. The second kappa shape index (κ2) is 9.69. The first-order valence-electron chi connectivity index (χ1n) is 11.1. The minimum Gasteiger partial charge on any atom is -0.373 e. The molecular weight excluding hydrogens is 438 g/mol. The fourth-order valence-corrected chi connectivity index (χ4v) is 3.55. The van der Waals surface area contributed by atoms with Gasteiger partial charge in [-0.2, -0.15) is 15.5 Å². The molecule has 0 fully saturated rings. The molecule has 1 aromatic carbocycles. The topological polar surface area (TPSA) is 116 Å². The lowest BCUT2D eigenvalue weighted by Crippen LogP contribution is -2.18. The van der Waals surface area contributed by atoms with Crippen molar-refractivity contribution in [1.29, 1.82) is 5.26 Å². The molecule has 0 saturated heterocycles. The Morgan fingerprint density at radius 1 is 1.00 bits per heavy atom. The molecule has 174 valence electrons. The Balaban J connectivity index is 1.62. The average molecular weight is 464 g/mol. The third kappa shape index (κ3) is 5.14. The quantitative estimate of drug-likeness (QED) is 0.413. The summed E-state index contributed by atoms with van der Waals surface area (Å²) in [5, 5.41) is 23.9. The number of nitriles is 1. The van der Waals surface area contributed by atoms with Gasteiger partial charge in [0.1, 0.15) is 5.82 Å². The van der Waals surface area contributed by atoms with E-state index in [-0.39, 0.29) is 5.91 Å². The minimum atomic E-state index is -0.792. The SMILES string of the molecule is CNc1cc(-c2cnnc(-c3cc(NC(=O)c4ccnc(C(C)(C)C#N)c4)ccc3C)c2)ccn1. The maximum Gasteiger partial charge on any atom is 0.255 e. The first kappa shape index (κ1) is 23.5. The van der Waals surface area contributed by atoms with Crippen LogP contribution in [0.1, 0.15) is 35.5 Å². The lowest BCUT2D eigenvalue weighted by Gasteiger charge is -2.15. The molecule has 3 heterocycles. The van der Waals surface area contributed by atoms with E-state index < -0.39 is 5.41 Å². The van der Waals surface area contributed by atoms with Gasteiger partial charge in [0.05, 0.1) is 29.1 Å². The average Bonchev–Trinajstić information content (AvgIpc) is 2.90. The molecule has 0 saturated carbocycles. The molecule has 0 spiro atoms. The Kier molecular flexibility index (Phi) is 6.51. The second-order valence-corrected chi connectivity index (χ2v) is 8.66. The minimum absolute atomic E-state index is 0.284. The number of aryl methyl sites for hydroxylation is 1. The summed E-state index contributed by atoms with van der Waals surface area (Å²) in [4.78, 5) is 21.5. The van der Waals surface area contributed by atoms with Crippen LogP contribution in [0.25, 0.3) is 22.4 Å². The summed E-state index contributed by atoms with van der Waals surface area (Å²) in [6.45, 7) is 5.52. The predicted molar refractivity (Wildman–Crippen MR) is 136 cm³/mol. The third-order valence-corrected chi connectivity index (χ3v) is 5.72. The molecule has 0 aliphatic heterocycles. The van der Waals surface area contributed by atoms with Gasteiger partial charge in [-0.25, -0.2) is 4.98 Å². The van der Waals surface area contributed by atoms with Crippen molar-refractivity contribution < 1.29 is 4.79 Å². The van der Waals surface area contributed by atoms with E-state index in [1.165, 1.54) is 0 Å². The number of carbonyl (C=O) groups is 1. The zero-order valence-corrected chi connectivity index (χ0v) is 20.0.